The topological polar surface area (TPSA) is 58.6 Å². The summed E-state index contributed by atoms with van der Waals surface area (Å²) < 4.78 is 21.7. The lowest BCUT2D eigenvalue weighted by Gasteiger charge is -2.49. The molecule has 3 saturated heterocycles. The summed E-state index contributed by atoms with van der Waals surface area (Å²) in [4.78, 5) is 11.3. The van der Waals surface area contributed by atoms with Crippen LogP contribution in [0.3, 0.4) is 0 Å². The Labute approximate surface area is 96.6 Å². The van der Waals surface area contributed by atoms with Gasteiger partial charge in [-0.05, 0) is 32.1 Å². The average Bonchev–Trinajstić information content (AvgIpc) is 2.29. The third-order valence-electron chi connectivity index (χ3n) is 3.81. The number of hydrogen-bond acceptors (Lipinski definition) is 4. The molecular weight excluding hydrogens is 229 g/mol. The van der Waals surface area contributed by atoms with Crippen molar-refractivity contribution in [3.63, 3.8) is 0 Å². The van der Waals surface area contributed by atoms with Crippen LogP contribution in [-0.4, -0.2) is 37.5 Å². The summed E-state index contributed by atoms with van der Waals surface area (Å²) >= 11 is 0. The number of phosphoric ester groups is 1. The van der Waals surface area contributed by atoms with E-state index in [1.807, 2.05) is 0 Å². The van der Waals surface area contributed by atoms with Gasteiger partial charge in [-0.1, -0.05) is 0 Å². The predicted molar refractivity (Wildman–Crippen MR) is 57.4 cm³/mol. The number of phosphoric acid groups is 1. The first-order valence-electron chi connectivity index (χ1n) is 6.00. The van der Waals surface area contributed by atoms with E-state index in [9.17, 15) is 9.46 Å². The zero-order valence-corrected chi connectivity index (χ0v) is 10.7. The highest BCUT2D eigenvalue weighted by Gasteiger charge is 2.40. The minimum atomic E-state index is -4.06. The van der Waals surface area contributed by atoms with Gasteiger partial charge in [0, 0.05) is 0 Å². The van der Waals surface area contributed by atoms with E-state index in [0.29, 0.717) is 0 Å². The van der Waals surface area contributed by atoms with Crippen LogP contribution in [0.4, 0.5) is 0 Å². The van der Waals surface area contributed by atoms with E-state index in [4.69, 9.17) is 4.52 Å². The van der Waals surface area contributed by atoms with Gasteiger partial charge < -0.3 is 13.9 Å². The molecule has 16 heavy (non-hydrogen) atoms. The van der Waals surface area contributed by atoms with Crippen LogP contribution in [0, 0.1) is 5.92 Å². The number of quaternary nitrogens is 1. The van der Waals surface area contributed by atoms with Crippen LogP contribution in [0.1, 0.15) is 26.2 Å². The fraction of sp³-hybridized carbons (Fsp3) is 1.00. The second kappa shape index (κ2) is 4.75. The van der Waals surface area contributed by atoms with E-state index < -0.39 is 7.82 Å². The van der Waals surface area contributed by atoms with Crippen molar-refractivity contribution in [3.05, 3.63) is 0 Å². The van der Waals surface area contributed by atoms with Gasteiger partial charge in [0.1, 0.15) is 0 Å². The minimum Gasteiger partial charge on any atom is -0.756 e. The van der Waals surface area contributed by atoms with E-state index in [2.05, 4.69) is 4.52 Å². The third kappa shape index (κ3) is 2.84. The Morgan fingerprint density at radius 2 is 1.81 bits per heavy atom. The molecule has 0 N–H and O–H groups in total. The van der Waals surface area contributed by atoms with Crippen molar-refractivity contribution in [2.24, 2.45) is 5.92 Å². The summed E-state index contributed by atoms with van der Waals surface area (Å²) in [6.45, 7) is 5.20. The van der Waals surface area contributed by atoms with Crippen molar-refractivity contribution in [1.82, 2.24) is 0 Å². The smallest absolute Gasteiger partial charge is 0.272 e. The Kier molecular flexibility index (Phi) is 3.72. The van der Waals surface area contributed by atoms with Crippen molar-refractivity contribution in [2.75, 3.05) is 33.0 Å². The molecule has 0 aliphatic carbocycles. The van der Waals surface area contributed by atoms with Gasteiger partial charge in [-0.25, -0.2) is 0 Å². The first-order chi connectivity index (χ1) is 7.55. The van der Waals surface area contributed by atoms with Gasteiger partial charge in [-0.2, -0.15) is 0 Å². The molecule has 3 aliphatic heterocycles. The molecule has 0 aromatic heterocycles. The van der Waals surface area contributed by atoms with E-state index >= 15 is 0 Å². The summed E-state index contributed by atoms with van der Waals surface area (Å²) in [6, 6.07) is 0. The van der Waals surface area contributed by atoms with Crippen LogP contribution in [-0.2, 0) is 13.6 Å². The first-order valence-corrected chi connectivity index (χ1v) is 7.47. The maximum absolute atomic E-state index is 11.3. The Morgan fingerprint density at radius 3 is 2.31 bits per heavy atom. The molecule has 0 amide bonds. The van der Waals surface area contributed by atoms with Crippen molar-refractivity contribution >= 4 is 7.82 Å². The third-order valence-corrected chi connectivity index (χ3v) is 4.82. The lowest BCUT2D eigenvalue weighted by atomic mass is 9.86. The van der Waals surface area contributed by atoms with Gasteiger partial charge in [0.05, 0.1) is 26.2 Å². The van der Waals surface area contributed by atoms with Crippen LogP contribution in [0.25, 0.3) is 0 Å². The molecule has 6 heteroatoms. The summed E-state index contributed by atoms with van der Waals surface area (Å²) in [5.41, 5.74) is 0. The zero-order chi connectivity index (χ0) is 11.6. The SMILES string of the molecule is CCOP(=O)([O-])OC[N+]12CCC(CC1)CC2. The van der Waals surface area contributed by atoms with Gasteiger partial charge in [-0.15, -0.1) is 0 Å². The molecular formula is C10H20NO4P. The van der Waals surface area contributed by atoms with Gasteiger partial charge in [0.25, 0.3) is 7.82 Å². The van der Waals surface area contributed by atoms with Crippen molar-refractivity contribution < 1.29 is 23.0 Å². The average molecular weight is 249 g/mol. The number of hydrogen-bond donors (Lipinski definition) is 0. The van der Waals surface area contributed by atoms with Crippen LogP contribution in [0.2, 0.25) is 0 Å². The number of rotatable bonds is 5. The Bertz CT molecular complexity index is 275. The van der Waals surface area contributed by atoms with Gasteiger partial charge in [-0.3, -0.25) is 9.09 Å². The predicted octanol–water partition coefficient (Wildman–Crippen LogP) is 1.10. The molecule has 2 bridgehead atoms. The fourth-order valence-corrected chi connectivity index (χ4v) is 3.50. The summed E-state index contributed by atoms with van der Waals surface area (Å²) in [6.07, 6.45) is 3.63. The monoisotopic (exact) mass is 249 g/mol. The first kappa shape index (κ1) is 12.5. The molecule has 0 spiro atoms. The molecule has 3 rings (SSSR count). The van der Waals surface area contributed by atoms with E-state index in [0.717, 1.165) is 30.0 Å². The molecule has 5 nitrogen and oxygen atoms in total. The summed E-state index contributed by atoms with van der Waals surface area (Å²) in [5, 5.41) is 0. The van der Waals surface area contributed by atoms with Crippen molar-refractivity contribution in [3.8, 4) is 0 Å². The Hall–Kier alpha value is 0.0700. The summed E-state index contributed by atoms with van der Waals surface area (Å²) in [7, 11) is -4.06. The highest BCUT2D eigenvalue weighted by molar-refractivity contribution is 7.45. The molecule has 94 valence electrons. The number of fused-ring (bicyclic) bond motifs is 3. The Balaban J connectivity index is 1.87. The normalized spacial score (nSPS) is 37.2. The molecule has 0 aromatic carbocycles. The van der Waals surface area contributed by atoms with Crippen LogP contribution < -0.4 is 4.89 Å². The second-order valence-corrected chi connectivity index (χ2v) is 6.28. The van der Waals surface area contributed by atoms with Crippen LogP contribution in [0.5, 0.6) is 0 Å². The number of nitrogens with zero attached hydrogens (tertiary/aromatic N) is 1. The molecule has 0 saturated carbocycles. The standard InChI is InChI=1S/C10H20NO4P/c1-2-14-16(12,13)15-9-11-6-3-10(4-7-11)5-8-11/h10H,2-9H2,1H3. The van der Waals surface area contributed by atoms with Crippen molar-refractivity contribution in [1.29, 1.82) is 0 Å². The molecule has 3 aliphatic rings. The quantitative estimate of drug-likeness (QED) is 0.540. The van der Waals surface area contributed by atoms with E-state index in [1.165, 1.54) is 19.3 Å². The lowest BCUT2D eigenvalue weighted by Crippen LogP contribution is -2.59. The highest BCUT2D eigenvalue weighted by atomic mass is 31.2. The molecule has 3 heterocycles. The van der Waals surface area contributed by atoms with Gasteiger partial charge >= 0.3 is 0 Å². The molecule has 1 unspecified atom stereocenters. The Morgan fingerprint density at radius 1 is 1.25 bits per heavy atom. The molecule has 3 fully saturated rings. The van der Waals surface area contributed by atoms with Crippen LogP contribution >= 0.6 is 7.82 Å². The maximum Gasteiger partial charge on any atom is 0.272 e. The summed E-state index contributed by atoms with van der Waals surface area (Å²) in [5.74, 6) is 0.867. The fourth-order valence-electron chi connectivity index (χ4n) is 2.72. The second-order valence-electron chi connectivity index (χ2n) is 4.87. The van der Waals surface area contributed by atoms with Gasteiger partial charge in [0.2, 0.25) is 0 Å². The van der Waals surface area contributed by atoms with Crippen molar-refractivity contribution in [2.45, 2.75) is 26.2 Å². The molecule has 0 radical (unpaired) electrons. The van der Waals surface area contributed by atoms with Crippen LogP contribution in [0.15, 0.2) is 0 Å². The maximum atomic E-state index is 11.3. The number of piperidine rings is 3. The van der Waals surface area contributed by atoms with E-state index in [-0.39, 0.29) is 13.3 Å². The van der Waals surface area contributed by atoms with Gasteiger partial charge in [0.15, 0.2) is 6.73 Å². The minimum absolute atomic E-state index is 0.142. The lowest BCUT2D eigenvalue weighted by molar-refractivity contribution is -0.956. The largest absolute Gasteiger partial charge is 0.756 e. The molecule has 1 atom stereocenters. The highest BCUT2D eigenvalue weighted by Crippen LogP contribution is 2.41. The van der Waals surface area contributed by atoms with E-state index in [1.54, 1.807) is 6.92 Å². The zero-order valence-electron chi connectivity index (χ0n) is 9.76. The molecule has 0 aromatic rings.